The Morgan fingerprint density at radius 3 is 2.39 bits per heavy atom. The lowest BCUT2D eigenvalue weighted by Gasteiger charge is -2.04. The van der Waals surface area contributed by atoms with Gasteiger partial charge in [-0.2, -0.15) is 0 Å². The molecule has 3 nitrogen and oxygen atoms in total. The van der Waals surface area contributed by atoms with Crippen LogP contribution in [0.3, 0.4) is 0 Å². The number of H-pyrrole nitrogens is 1. The van der Waals surface area contributed by atoms with Gasteiger partial charge in [-0.25, -0.2) is 4.98 Å². The molecule has 1 rings (SSSR count). The average Bonchev–Trinajstić information content (AvgIpc) is 2.89. The van der Waals surface area contributed by atoms with E-state index in [1.165, 1.54) is 64.5 Å². The van der Waals surface area contributed by atoms with E-state index in [0.717, 1.165) is 12.2 Å². The van der Waals surface area contributed by atoms with Crippen molar-refractivity contribution in [1.82, 2.24) is 15.3 Å². The minimum absolute atomic E-state index is 1.09. The summed E-state index contributed by atoms with van der Waals surface area (Å²) in [5, 5.41) is 3.53. The van der Waals surface area contributed by atoms with Crippen LogP contribution in [0.15, 0.2) is 12.4 Å². The number of nitrogens with zero attached hydrogens (tertiary/aromatic N) is 1. The predicted molar refractivity (Wildman–Crippen MR) is 77.8 cm³/mol. The molecule has 0 fully saturated rings. The molecule has 0 bridgehead atoms. The first-order valence-corrected chi connectivity index (χ1v) is 7.62. The number of aromatic nitrogens is 2. The number of rotatable bonds is 12. The number of imidazole rings is 1. The molecule has 0 atom stereocenters. The highest BCUT2D eigenvalue weighted by Crippen LogP contribution is 2.03. The van der Waals surface area contributed by atoms with Gasteiger partial charge in [-0.05, 0) is 32.4 Å². The van der Waals surface area contributed by atoms with Gasteiger partial charge in [0, 0.05) is 18.8 Å². The summed E-state index contributed by atoms with van der Waals surface area (Å²) in [5.41, 5.74) is 0. The van der Waals surface area contributed by atoms with Crippen molar-refractivity contribution in [2.75, 3.05) is 13.1 Å². The summed E-state index contributed by atoms with van der Waals surface area (Å²) in [5.74, 6) is 1.13. The highest BCUT2D eigenvalue weighted by molar-refractivity contribution is 4.86. The topological polar surface area (TPSA) is 40.7 Å². The number of hydrogen-bond acceptors (Lipinski definition) is 2. The zero-order valence-electron chi connectivity index (χ0n) is 11.9. The fourth-order valence-electron chi connectivity index (χ4n) is 2.13. The third kappa shape index (κ3) is 8.29. The summed E-state index contributed by atoms with van der Waals surface area (Å²) < 4.78 is 0. The van der Waals surface area contributed by atoms with E-state index < -0.39 is 0 Å². The molecule has 0 spiro atoms. The molecule has 0 amide bonds. The first-order chi connectivity index (χ1) is 8.93. The lowest BCUT2D eigenvalue weighted by atomic mass is 10.1. The van der Waals surface area contributed by atoms with Crippen LogP contribution in [0.2, 0.25) is 0 Å². The van der Waals surface area contributed by atoms with E-state index in [4.69, 9.17) is 0 Å². The van der Waals surface area contributed by atoms with Crippen LogP contribution < -0.4 is 5.32 Å². The van der Waals surface area contributed by atoms with Crippen LogP contribution in [-0.2, 0) is 6.42 Å². The van der Waals surface area contributed by atoms with E-state index in [0.29, 0.717) is 0 Å². The Hall–Kier alpha value is -0.830. The van der Waals surface area contributed by atoms with Gasteiger partial charge >= 0.3 is 0 Å². The van der Waals surface area contributed by atoms with Crippen LogP contribution in [-0.4, -0.2) is 23.1 Å². The molecule has 0 aromatic carbocycles. The van der Waals surface area contributed by atoms with Gasteiger partial charge in [0.15, 0.2) is 0 Å². The van der Waals surface area contributed by atoms with Crippen molar-refractivity contribution in [3.63, 3.8) is 0 Å². The standard InChI is InChI=1S/C15H29N3/c1-2-3-4-8-11-16-12-9-6-5-7-10-15-17-13-14-18-15/h13-14,16H,2-12H2,1H3,(H,17,18). The molecule has 18 heavy (non-hydrogen) atoms. The molecular formula is C15H29N3. The molecule has 2 N–H and O–H groups in total. The molecular weight excluding hydrogens is 222 g/mol. The molecule has 0 aliphatic carbocycles. The Labute approximate surface area is 112 Å². The van der Waals surface area contributed by atoms with Gasteiger partial charge in [-0.15, -0.1) is 0 Å². The highest BCUT2D eigenvalue weighted by Gasteiger charge is 1.95. The van der Waals surface area contributed by atoms with Gasteiger partial charge in [-0.3, -0.25) is 0 Å². The van der Waals surface area contributed by atoms with Crippen LogP contribution in [0.1, 0.15) is 64.1 Å². The van der Waals surface area contributed by atoms with E-state index in [9.17, 15) is 0 Å². The maximum atomic E-state index is 4.23. The Morgan fingerprint density at radius 1 is 1.00 bits per heavy atom. The van der Waals surface area contributed by atoms with E-state index >= 15 is 0 Å². The number of nitrogens with one attached hydrogen (secondary N) is 2. The molecule has 0 saturated carbocycles. The maximum absolute atomic E-state index is 4.23. The zero-order valence-corrected chi connectivity index (χ0v) is 11.9. The maximum Gasteiger partial charge on any atom is 0.105 e. The van der Waals surface area contributed by atoms with Crippen LogP contribution >= 0.6 is 0 Å². The van der Waals surface area contributed by atoms with Gasteiger partial charge in [0.25, 0.3) is 0 Å². The van der Waals surface area contributed by atoms with Crippen LogP contribution in [0.5, 0.6) is 0 Å². The van der Waals surface area contributed by atoms with Crippen molar-refractivity contribution in [3.8, 4) is 0 Å². The van der Waals surface area contributed by atoms with E-state index in [1.807, 2.05) is 12.4 Å². The van der Waals surface area contributed by atoms with E-state index in [-0.39, 0.29) is 0 Å². The van der Waals surface area contributed by atoms with Crippen molar-refractivity contribution < 1.29 is 0 Å². The molecule has 0 unspecified atom stereocenters. The van der Waals surface area contributed by atoms with Crippen molar-refractivity contribution in [3.05, 3.63) is 18.2 Å². The lowest BCUT2D eigenvalue weighted by molar-refractivity contribution is 0.558. The Morgan fingerprint density at radius 2 is 1.72 bits per heavy atom. The summed E-state index contributed by atoms with van der Waals surface area (Å²) >= 11 is 0. The second-order valence-electron chi connectivity index (χ2n) is 5.01. The number of unbranched alkanes of at least 4 members (excludes halogenated alkanes) is 6. The summed E-state index contributed by atoms with van der Waals surface area (Å²) in [6.07, 6.45) is 15.5. The summed E-state index contributed by atoms with van der Waals surface area (Å²) in [7, 11) is 0. The molecule has 1 aromatic heterocycles. The zero-order chi connectivity index (χ0) is 12.9. The molecule has 0 aliphatic heterocycles. The van der Waals surface area contributed by atoms with Crippen LogP contribution in [0.4, 0.5) is 0 Å². The van der Waals surface area contributed by atoms with Crippen molar-refractivity contribution in [1.29, 1.82) is 0 Å². The van der Waals surface area contributed by atoms with Crippen molar-refractivity contribution >= 4 is 0 Å². The van der Waals surface area contributed by atoms with E-state index in [1.54, 1.807) is 0 Å². The first-order valence-electron chi connectivity index (χ1n) is 7.62. The second-order valence-corrected chi connectivity index (χ2v) is 5.01. The van der Waals surface area contributed by atoms with E-state index in [2.05, 4.69) is 22.2 Å². The van der Waals surface area contributed by atoms with Crippen LogP contribution in [0, 0.1) is 0 Å². The van der Waals surface area contributed by atoms with Gasteiger partial charge in [0.2, 0.25) is 0 Å². The normalized spacial score (nSPS) is 10.9. The minimum Gasteiger partial charge on any atom is -0.349 e. The third-order valence-corrected chi connectivity index (χ3v) is 3.28. The Bertz CT molecular complexity index is 257. The van der Waals surface area contributed by atoms with Crippen LogP contribution in [0.25, 0.3) is 0 Å². The SMILES string of the molecule is CCCCCCNCCCCCCc1ncc[nH]1. The number of hydrogen-bond donors (Lipinski definition) is 2. The Kier molecular flexibility index (Phi) is 9.54. The van der Waals surface area contributed by atoms with Gasteiger partial charge < -0.3 is 10.3 Å². The minimum atomic E-state index is 1.09. The van der Waals surface area contributed by atoms with Crippen molar-refractivity contribution in [2.24, 2.45) is 0 Å². The average molecular weight is 251 g/mol. The molecule has 1 heterocycles. The fraction of sp³-hybridized carbons (Fsp3) is 0.800. The molecule has 104 valence electrons. The van der Waals surface area contributed by atoms with Gasteiger partial charge in [0.05, 0.1) is 0 Å². The fourth-order valence-corrected chi connectivity index (χ4v) is 2.13. The number of aryl methyl sites for hydroxylation is 1. The Balaban J connectivity index is 1.73. The van der Waals surface area contributed by atoms with Crippen molar-refractivity contribution in [2.45, 2.75) is 64.7 Å². The predicted octanol–water partition coefficient (Wildman–Crippen LogP) is 3.68. The molecule has 0 radical (unpaired) electrons. The summed E-state index contributed by atoms with van der Waals surface area (Å²) in [6, 6.07) is 0. The quantitative estimate of drug-likeness (QED) is 0.556. The molecule has 0 aliphatic rings. The largest absolute Gasteiger partial charge is 0.349 e. The molecule has 3 heteroatoms. The third-order valence-electron chi connectivity index (χ3n) is 3.28. The number of aromatic amines is 1. The lowest BCUT2D eigenvalue weighted by Crippen LogP contribution is -2.16. The van der Waals surface area contributed by atoms with Gasteiger partial charge in [-0.1, -0.05) is 39.0 Å². The first kappa shape index (κ1) is 15.2. The second kappa shape index (κ2) is 11.3. The molecule has 0 saturated heterocycles. The highest BCUT2D eigenvalue weighted by atomic mass is 14.9. The summed E-state index contributed by atoms with van der Waals surface area (Å²) in [4.78, 5) is 7.38. The monoisotopic (exact) mass is 251 g/mol. The summed E-state index contributed by atoms with van der Waals surface area (Å²) in [6.45, 7) is 4.65. The van der Waals surface area contributed by atoms with Gasteiger partial charge in [0.1, 0.15) is 5.82 Å². The molecule has 1 aromatic rings. The smallest absolute Gasteiger partial charge is 0.105 e.